The fraction of sp³-hybridized carbons (Fsp3) is 0.857. The van der Waals surface area contributed by atoms with Crippen molar-refractivity contribution in [3.8, 4) is 0 Å². The lowest BCUT2D eigenvalue weighted by Crippen LogP contribution is -2.41. The Hall–Kier alpha value is -0.650. The van der Waals surface area contributed by atoms with E-state index in [0.29, 0.717) is 13.2 Å². The van der Waals surface area contributed by atoms with Crippen LogP contribution in [0.4, 0.5) is 0 Å². The average molecular weight is 174 g/mol. The van der Waals surface area contributed by atoms with E-state index >= 15 is 0 Å². The first-order valence-corrected chi connectivity index (χ1v) is 3.91. The Morgan fingerprint density at radius 3 is 2.92 bits per heavy atom. The van der Waals surface area contributed by atoms with Crippen LogP contribution >= 0.6 is 0 Å². The molecule has 1 fully saturated rings. The Kier molecular flexibility index (Phi) is 3.02. The number of hydrogen-bond acceptors (Lipinski definition) is 4. The molecular weight excluding hydrogens is 160 g/mol. The zero-order valence-corrected chi connectivity index (χ0v) is 6.99. The first kappa shape index (κ1) is 9.44. The topological polar surface area (TPSA) is 84.6 Å². The summed E-state index contributed by atoms with van der Waals surface area (Å²) in [4.78, 5) is 10.5. The molecule has 0 aromatic heterocycles. The Morgan fingerprint density at radius 2 is 2.50 bits per heavy atom. The number of ether oxygens (including phenoxy) is 1. The lowest BCUT2D eigenvalue weighted by atomic mass is 10.1. The maximum absolute atomic E-state index is 10.5. The fourth-order valence-electron chi connectivity index (χ4n) is 1.13. The van der Waals surface area contributed by atoms with Gasteiger partial charge >= 0.3 is 0 Å². The predicted octanol–water partition coefficient (Wildman–Crippen LogP) is -1.79. The summed E-state index contributed by atoms with van der Waals surface area (Å²) in [5.41, 5.74) is 5.49. The van der Waals surface area contributed by atoms with Gasteiger partial charge < -0.3 is 20.9 Å². The summed E-state index contributed by atoms with van der Waals surface area (Å²) in [6, 6.07) is -0.330. The number of amides is 1. The third-order valence-electron chi connectivity index (χ3n) is 1.87. The van der Waals surface area contributed by atoms with Crippen LogP contribution in [0.3, 0.4) is 0 Å². The molecule has 0 saturated carbocycles. The van der Waals surface area contributed by atoms with E-state index < -0.39 is 6.10 Å². The Bertz CT molecular complexity index is 174. The third-order valence-corrected chi connectivity index (χ3v) is 1.87. The summed E-state index contributed by atoms with van der Waals surface area (Å²) >= 11 is 0. The van der Waals surface area contributed by atoms with Gasteiger partial charge in [-0.25, -0.2) is 0 Å². The molecule has 70 valence electrons. The van der Waals surface area contributed by atoms with E-state index in [0.717, 1.165) is 0 Å². The number of rotatable bonds is 2. The highest BCUT2D eigenvalue weighted by Crippen LogP contribution is 2.11. The highest BCUT2D eigenvalue weighted by atomic mass is 16.5. The molecule has 5 nitrogen and oxygen atoms in total. The summed E-state index contributed by atoms with van der Waals surface area (Å²) in [5.74, 6) is -0.133. The van der Waals surface area contributed by atoms with E-state index in [-0.39, 0.29) is 18.1 Å². The molecule has 1 aliphatic rings. The highest BCUT2D eigenvalue weighted by molar-refractivity contribution is 5.72. The van der Waals surface area contributed by atoms with E-state index in [1.807, 2.05) is 0 Å². The minimum Gasteiger partial charge on any atom is -0.389 e. The molecule has 1 rings (SSSR count). The van der Waals surface area contributed by atoms with E-state index in [1.54, 1.807) is 0 Å². The van der Waals surface area contributed by atoms with Crippen molar-refractivity contribution in [1.82, 2.24) is 5.32 Å². The second-order valence-electron chi connectivity index (χ2n) is 2.96. The minimum absolute atomic E-state index is 0.133. The van der Waals surface area contributed by atoms with E-state index in [2.05, 4.69) is 5.32 Å². The monoisotopic (exact) mass is 174 g/mol. The lowest BCUT2D eigenvalue weighted by molar-refractivity contribution is -0.119. The van der Waals surface area contributed by atoms with Crippen LogP contribution in [0, 0.1) is 0 Å². The molecule has 3 unspecified atom stereocenters. The minimum atomic E-state index is -0.670. The molecule has 0 spiro atoms. The fourth-order valence-corrected chi connectivity index (χ4v) is 1.13. The molecule has 0 aromatic rings. The van der Waals surface area contributed by atoms with Crippen LogP contribution in [0.5, 0.6) is 0 Å². The number of aliphatic hydroxyl groups is 1. The molecule has 1 aliphatic heterocycles. The molecule has 12 heavy (non-hydrogen) atoms. The van der Waals surface area contributed by atoms with Crippen molar-refractivity contribution in [2.75, 3.05) is 13.2 Å². The summed E-state index contributed by atoms with van der Waals surface area (Å²) in [7, 11) is 0. The van der Waals surface area contributed by atoms with E-state index in [1.165, 1.54) is 6.92 Å². The van der Waals surface area contributed by atoms with Crippen molar-refractivity contribution in [2.24, 2.45) is 5.73 Å². The number of nitrogens with two attached hydrogens (primary N) is 1. The quantitative estimate of drug-likeness (QED) is 0.461. The SMILES string of the molecule is CC(=O)NCC1OCC(N)C1O. The molecule has 3 atom stereocenters. The Labute approximate surface area is 70.9 Å². The molecule has 0 aliphatic carbocycles. The van der Waals surface area contributed by atoms with Gasteiger partial charge in [-0.2, -0.15) is 0 Å². The molecule has 1 amide bonds. The van der Waals surface area contributed by atoms with Crippen LogP contribution in [0.2, 0.25) is 0 Å². The maximum Gasteiger partial charge on any atom is 0.216 e. The summed E-state index contributed by atoms with van der Waals surface area (Å²) in [6.07, 6.45) is -1.03. The van der Waals surface area contributed by atoms with Gasteiger partial charge in [0.15, 0.2) is 0 Å². The van der Waals surface area contributed by atoms with E-state index in [4.69, 9.17) is 10.5 Å². The second kappa shape index (κ2) is 3.84. The van der Waals surface area contributed by atoms with Crippen LogP contribution in [-0.4, -0.2) is 42.4 Å². The summed E-state index contributed by atoms with van der Waals surface area (Å²) in [5, 5.41) is 11.9. The van der Waals surface area contributed by atoms with Crippen molar-refractivity contribution >= 4 is 5.91 Å². The van der Waals surface area contributed by atoms with Crippen LogP contribution in [0.15, 0.2) is 0 Å². The number of aliphatic hydroxyl groups excluding tert-OH is 1. The largest absolute Gasteiger partial charge is 0.389 e. The molecule has 0 aromatic carbocycles. The lowest BCUT2D eigenvalue weighted by Gasteiger charge is -2.14. The van der Waals surface area contributed by atoms with Gasteiger partial charge in [0.25, 0.3) is 0 Å². The van der Waals surface area contributed by atoms with Gasteiger partial charge in [0.1, 0.15) is 6.10 Å². The first-order chi connectivity index (χ1) is 5.61. The van der Waals surface area contributed by atoms with Crippen molar-refractivity contribution in [3.05, 3.63) is 0 Å². The smallest absolute Gasteiger partial charge is 0.216 e. The normalized spacial score (nSPS) is 35.1. The standard InChI is InChI=1S/C7H14N2O3/c1-4(10)9-2-6-7(11)5(8)3-12-6/h5-7,11H,2-3,8H2,1H3,(H,9,10). The van der Waals surface area contributed by atoms with Gasteiger partial charge in [-0.3, -0.25) is 4.79 Å². The van der Waals surface area contributed by atoms with Crippen LogP contribution in [0.25, 0.3) is 0 Å². The molecule has 0 bridgehead atoms. The number of hydrogen-bond donors (Lipinski definition) is 3. The molecule has 1 heterocycles. The van der Waals surface area contributed by atoms with Gasteiger partial charge in [-0.1, -0.05) is 0 Å². The second-order valence-corrected chi connectivity index (χ2v) is 2.96. The molecule has 0 radical (unpaired) electrons. The van der Waals surface area contributed by atoms with Gasteiger partial charge in [-0.05, 0) is 0 Å². The van der Waals surface area contributed by atoms with Crippen molar-refractivity contribution in [3.63, 3.8) is 0 Å². The van der Waals surface area contributed by atoms with Crippen LogP contribution in [0.1, 0.15) is 6.92 Å². The molecule has 1 saturated heterocycles. The van der Waals surface area contributed by atoms with Crippen molar-refractivity contribution < 1.29 is 14.6 Å². The van der Waals surface area contributed by atoms with Crippen molar-refractivity contribution in [2.45, 2.75) is 25.2 Å². The number of carbonyl (C=O) groups excluding carboxylic acids is 1. The summed E-state index contributed by atoms with van der Waals surface area (Å²) < 4.78 is 5.14. The molecule has 5 heteroatoms. The van der Waals surface area contributed by atoms with Gasteiger partial charge in [-0.15, -0.1) is 0 Å². The third kappa shape index (κ3) is 2.17. The van der Waals surface area contributed by atoms with E-state index in [9.17, 15) is 9.90 Å². The summed E-state index contributed by atoms with van der Waals surface area (Å²) in [6.45, 7) is 2.09. The zero-order chi connectivity index (χ0) is 9.14. The van der Waals surface area contributed by atoms with Gasteiger partial charge in [0, 0.05) is 13.5 Å². The van der Waals surface area contributed by atoms with Crippen molar-refractivity contribution in [1.29, 1.82) is 0 Å². The molecule has 4 N–H and O–H groups in total. The zero-order valence-electron chi connectivity index (χ0n) is 6.99. The predicted molar refractivity (Wildman–Crippen MR) is 42.4 cm³/mol. The van der Waals surface area contributed by atoms with Gasteiger partial charge in [0.05, 0.1) is 18.8 Å². The number of carbonyl (C=O) groups is 1. The average Bonchev–Trinajstić information content (AvgIpc) is 2.30. The maximum atomic E-state index is 10.5. The van der Waals surface area contributed by atoms with Crippen LogP contribution in [-0.2, 0) is 9.53 Å². The first-order valence-electron chi connectivity index (χ1n) is 3.91. The number of nitrogens with one attached hydrogen (secondary N) is 1. The highest BCUT2D eigenvalue weighted by Gasteiger charge is 2.32. The van der Waals surface area contributed by atoms with Gasteiger partial charge in [0.2, 0.25) is 5.91 Å². The van der Waals surface area contributed by atoms with Crippen LogP contribution < -0.4 is 11.1 Å². The Morgan fingerprint density at radius 1 is 1.83 bits per heavy atom. The molecular formula is C7H14N2O3. The Balaban J connectivity index is 2.29.